The van der Waals surface area contributed by atoms with Gasteiger partial charge in [0.1, 0.15) is 12.4 Å². The standard InChI is InChI=1S/C13H19N5O4/c1-8-4-10(16-13(14)15-8)17-2-3-18(11(20)7-19)6-9(5-17)12(21)22/h4,9,19H,2-3,5-7H2,1H3,(H,21,22)(H2,14,15,16). The number of aliphatic hydroxyl groups excluding tert-OH is 1. The molecule has 0 radical (unpaired) electrons. The third-order valence-corrected chi connectivity index (χ3v) is 3.54. The van der Waals surface area contributed by atoms with Gasteiger partial charge in [0.15, 0.2) is 0 Å². The number of carbonyl (C=O) groups excluding carboxylic acids is 1. The minimum atomic E-state index is -0.999. The molecule has 22 heavy (non-hydrogen) atoms. The first kappa shape index (κ1) is 16.0. The Morgan fingerprint density at radius 1 is 1.36 bits per heavy atom. The Kier molecular flexibility index (Phi) is 4.76. The SMILES string of the molecule is Cc1cc(N2CCN(C(=O)CO)CC(C(=O)O)C2)nc(N)n1. The predicted octanol–water partition coefficient (Wildman–Crippen LogP) is -1.29. The van der Waals surface area contributed by atoms with E-state index < -0.39 is 24.4 Å². The minimum absolute atomic E-state index is 0.0603. The maximum Gasteiger partial charge on any atom is 0.310 e. The Morgan fingerprint density at radius 3 is 2.68 bits per heavy atom. The topological polar surface area (TPSA) is 133 Å². The summed E-state index contributed by atoms with van der Waals surface area (Å²) in [5.41, 5.74) is 6.32. The summed E-state index contributed by atoms with van der Waals surface area (Å²) in [5, 5.41) is 18.3. The van der Waals surface area contributed by atoms with Crippen LogP contribution in [0.3, 0.4) is 0 Å². The van der Waals surface area contributed by atoms with Crippen LogP contribution >= 0.6 is 0 Å². The minimum Gasteiger partial charge on any atom is -0.481 e. The molecule has 1 aromatic rings. The summed E-state index contributed by atoms with van der Waals surface area (Å²) in [7, 11) is 0. The number of carbonyl (C=O) groups is 2. The van der Waals surface area contributed by atoms with Crippen LogP contribution in [0.15, 0.2) is 6.07 Å². The molecule has 2 heterocycles. The molecule has 1 aromatic heterocycles. The Hall–Kier alpha value is -2.42. The van der Waals surface area contributed by atoms with Gasteiger partial charge < -0.3 is 25.7 Å². The lowest BCUT2D eigenvalue weighted by atomic mass is 10.1. The average Bonchev–Trinajstić information content (AvgIpc) is 2.68. The van der Waals surface area contributed by atoms with E-state index in [-0.39, 0.29) is 19.0 Å². The number of nitrogens with two attached hydrogens (primary N) is 1. The number of amides is 1. The Morgan fingerprint density at radius 2 is 2.09 bits per heavy atom. The van der Waals surface area contributed by atoms with Crippen molar-refractivity contribution in [3.8, 4) is 0 Å². The zero-order valence-electron chi connectivity index (χ0n) is 12.3. The maximum absolute atomic E-state index is 11.7. The molecule has 120 valence electrons. The molecule has 0 bridgehead atoms. The van der Waals surface area contributed by atoms with Gasteiger partial charge >= 0.3 is 5.97 Å². The second kappa shape index (κ2) is 6.56. The molecular formula is C13H19N5O4. The van der Waals surface area contributed by atoms with E-state index in [9.17, 15) is 14.7 Å². The number of hydrogen-bond acceptors (Lipinski definition) is 7. The quantitative estimate of drug-likeness (QED) is 0.628. The largest absolute Gasteiger partial charge is 0.481 e. The summed E-state index contributed by atoms with van der Waals surface area (Å²) in [6.45, 7) is 2.13. The lowest BCUT2D eigenvalue weighted by Crippen LogP contribution is -2.39. The molecule has 0 saturated carbocycles. The number of rotatable bonds is 3. The average molecular weight is 309 g/mol. The van der Waals surface area contributed by atoms with Crippen LogP contribution in [0.25, 0.3) is 0 Å². The van der Waals surface area contributed by atoms with Crippen molar-refractivity contribution in [2.45, 2.75) is 6.92 Å². The number of hydrogen-bond donors (Lipinski definition) is 3. The Labute approximate surface area is 127 Å². The molecule has 2 rings (SSSR count). The van der Waals surface area contributed by atoms with E-state index in [1.165, 1.54) is 4.90 Å². The third-order valence-electron chi connectivity index (χ3n) is 3.54. The summed E-state index contributed by atoms with van der Waals surface area (Å²) in [5.74, 6) is -1.59. The van der Waals surface area contributed by atoms with Gasteiger partial charge in [-0.1, -0.05) is 0 Å². The van der Waals surface area contributed by atoms with E-state index in [2.05, 4.69) is 9.97 Å². The van der Waals surface area contributed by atoms with Crippen molar-refractivity contribution in [1.82, 2.24) is 14.9 Å². The fourth-order valence-corrected chi connectivity index (χ4v) is 2.44. The summed E-state index contributed by atoms with van der Waals surface area (Å²) < 4.78 is 0. The van der Waals surface area contributed by atoms with E-state index in [4.69, 9.17) is 10.8 Å². The number of aryl methyl sites for hydroxylation is 1. The van der Waals surface area contributed by atoms with E-state index in [0.717, 1.165) is 0 Å². The van der Waals surface area contributed by atoms with Gasteiger partial charge in [-0.2, -0.15) is 4.98 Å². The number of nitrogen functional groups attached to an aromatic ring is 1. The second-order valence-electron chi connectivity index (χ2n) is 5.20. The second-order valence-corrected chi connectivity index (χ2v) is 5.20. The van der Waals surface area contributed by atoms with E-state index in [1.807, 2.05) is 0 Å². The van der Waals surface area contributed by atoms with Crippen LogP contribution in [0.2, 0.25) is 0 Å². The molecule has 0 aliphatic carbocycles. The lowest BCUT2D eigenvalue weighted by molar-refractivity contribution is -0.143. The third kappa shape index (κ3) is 3.61. The van der Waals surface area contributed by atoms with Crippen molar-refractivity contribution in [1.29, 1.82) is 0 Å². The fraction of sp³-hybridized carbons (Fsp3) is 0.538. The van der Waals surface area contributed by atoms with Crippen LogP contribution in [0.1, 0.15) is 5.69 Å². The first-order chi connectivity index (χ1) is 10.4. The van der Waals surface area contributed by atoms with E-state index >= 15 is 0 Å². The molecule has 1 saturated heterocycles. The summed E-state index contributed by atoms with van der Waals surface area (Å²) in [6, 6.07) is 1.72. The molecule has 0 aromatic carbocycles. The highest BCUT2D eigenvalue weighted by Gasteiger charge is 2.30. The predicted molar refractivity (Wildman–Crippen MR) is 78.2 cm³/mol. The van der Waals surface area contributed by atoms with Crippen molar-refractivity contribution in [3.63, 3.8) is 0 Å². The van der Waals surface area contributed by atoms with Gasteiger partial charge in [-0.05, 0) is 6.92 Å². The monoisotopic (exact) mass is 309 g/mol. The molecule has 0 spiro atoms. The van der Waals surface area contributed by atoms with Crippen molar-refractivity contribution in [3.05, 3.63) is 11.8 Å². The molecule has 1 amide bonds. The van der Waals surface area contributed by atoms with Gasteiger partial charge in [-0.25, -0.2) is 4.98 Å². The van der Waals surface area contributed by atoms with Crippen LogP contribution in [0, 0.1) is 12.8 Å². The number of aromatic nitrogens is 2. The highest BCUT2D eigenvalue weighted by molar-refractivity contribution is 5.79. The highest BCUT2D eigenvalue weighted by atomic mass is 16.4. The fourth-order valence-electron chi connectivity index (χ4n) is 2.44. The van der Waals surface area contributed by atoms with Crippen LogP contribution in [-0.4, -0.2) is 69.7 Å². The summed E-state index contributed by atoms with van der Waals surface area (Å²) in [6.07, 6.45) is 0. The zero-order valence-corrected chi connectivity index (χ0v) is 12.3. The van der Waals surface area contributed by atoms with Crippen molar-refractivity contribution in [2.24, 2.45) is 5.92 Å². The highest BCUT2D eigenvalue weighted by Crippen LogP contribution is 2.18. The molecule has 1 atom stereocenters. The first-order valence-electron chi connectivity index (χ1n) is 6.88. The molecule has 9 nitrogen and oxygen atoms in total. The molecule has 4 N–H and O–H groups in total. The van der Waals surface area contributed by atoms with E-state index in [0.29, 0.717) is 24.6 Å². The number of aliphatic hydroxyl groups is 1. The summed E-state index contributed by atoms with van der Waals surface area (Å²) >= 11 is 0. The lowest BCUT2D eigenvalue weighted by Gasteiger charge is -2.23. The smallest absolute Gasteiger partial charge is 0.310 e. The molecule has 1 fully saturated rings. The van der Waals surface area contributed by atoms with Crippen LogP contribution < -0.4 is 10.6 Å². The number of anilines is 2. The van der Waals surface area contributed by atoms with Gasteiger partial charge in [-0.15, -0.1) is 0 Å². The zero-order chi connectivity index (χ0) is 16.3. The number of carboxylic acids is 1. The molecule has 9 heteroatoms. The van der Waals surface area contributed by atoms with Crippen LogP contribution in [-0.2, 0) is 9.59 Å². The first-order valence-corrected chi connectivity index (χ1v) is 6.88. The van der Waals surface area contributed by atoms with Crippen LogP contribution in [0.5, 0.6) is 0 Å². The maximum atomic E-state index is 11.7. The van der Waals surface area contributed by atoms with Gasteiger partial charge in [0.25, 0.3) is 0 Å². The summed E-state index contributed by atoms with van der Waals surface area (Å²) in [4.78, 5) is 34.3. The van der Waals surface area contributed by atoms with Crippen molar-refractivity contribution < 1.29 is 19.8 Å². The molecule has 1 aliphatic heterocycles. The molecule has 1 aliphatic rings. The Bertz CT molecular complexity index is 559. The van der Waals surface area contributed by atoms with E-state index in [1.54, 1.807) is 17.9 Å². The van der Waals surface area contributed by atoms with Gasteiger partial charge in [-0.3, -0.25) is 9.59 Å². The van der Waals surface area contributed by atoms with Crippen molar-refractivity contribution in [2.75, 3.05) is 43.4 Å². The van der Waals surface area contributed by atoms with Gasteiger partial charge in [0.2, 0.25) is 11.9 Å². The van der Waals surface area contributed by atoms with Gasteiger partial charge in [0, 0.05) is 37.9 Å². The number of nitrogens with zero attached hydrogens (tertiary/aromatic N) is 4. The number of carboxylic acid groups (broad SMARTS) is 1. The molecular weight excluding hydrogens is 290 g/mol. The van der Waals surface area contributed by atoms with Crippen LogP contribution in [0.4, 0.5) is 11.8 Å². The van der Waals surface area contributed by atoms with Gasteiger partial charge in [0.05, 0.1) is 5.92 Å². The molecule has 1 unspecified atom stereocenters. The van der Waals surface area contributed by atoms with Crippen molar-refractivity contribution >= 4 is 23.6 Å². The number of aliphatic carboxylic acids is 1. The normalized spacial score (nSPS) is 18.9. The Balaban J connectivity index is 2.25.